The first-order valence-electron chi connectivity index (χ1n) is 9.87. The lowest BCUT2D eigenvalue weighted by atomic mass is 10.3. The molecular weight excluding hydrogens is 455 g/mol. The summed E-state index contributed by atoms with van der Waals surface area (Å²) in [5.74, 6) is -0.362. The molecule has 0 bridgehead atoms. The Balaban J connectivity index is 1.43. The SMILES string of the molecule is O=C(CSc1nnc(N2CCOCC2)n1-c1cccc(F)c1)NC(=O)NCc1cccs1. The van der Waals surface area contributed by atoms with Crippen molar-refractivity contribution in [3.8, 4) is 5.69 Å². The number of ether oxygens (including phenoxy) is 1. The molecule has 1 saturated heterocycles. The summed E-state index contributed by atoms with van der Waals surface area (Å²) in [5, 5.41) is 15.8. The first-order valence-corrected chi connectivity index (χ1v) is 11.7. The van der Waals surface area contributed by atoms with Crippen molar-refractivity contribution in [2.45, 2.75) is 11.7 Å². The Labute approximate surface area is 192 Å². The van der Waals surface area contributed by atoms with Gasteiger partial charge in [-0.2, -0.15) is 0 Å². The Morgan fingerprint density at radius 1 is 1.19 bits per heavy atom. The average Bonchev–Trinajstić information content (AvgIpc) is 3.47. The summed E-state index contributed by atoms with van der Waals surface area (Å²) >= 11 is 2.64. The Hall–Kier alpha value is -2.96. The van der Waals surface area contributed by atoms with Crippen LogP contribution >= 0.6 is 23.1 Å². The van der Waals surface area contributed by atoms with Crippen LogP contribution in [0.1, 0.15) is 4.88 Å². The number of thioether (sulfide) groups is 1. The average molecular weight is 477 g/mol. The van der Waals surface area contributed by atoms with Crippen molar-refractivity contribution in [1.82, 2.24) is 25.4 Å². The number of morpholine rings is 1. The van der Waals surface area contributed by atoms with Crippen LogP contribution in [0.3, 0.4) is 0 Å². The van der Waals surface area contributed by atoms with E-state index >= 15 is 0 Å². The third-order valence-electron chi connectivity index (χ3n) is 4.57. The molecule has 1 fully saturated rings. The van der Waals surface area contributed by atoms with Gasteiger partial charge in [0.2, 0.25) is 11.9 Å². The summed E-state index contributed by atoms with van der Waals surface area (Å²) in [6, 6.07) is 9.32. The van der Waals surface area contributed by atoms with Crippen molar-refractivity contribution < 1.29 is 18.7 Å². The quantitative estimate of drug-likeness (QED) is 0.505. The molecule has 168 valence electrons. The van der Waals surface area contributed by atoms with Gasteiger partial charge in [-0.1, -0.05) is 23.9 Å². The third kappa shape index (κ3) is 5.64. The van der Waals surface area contributed by atoms with E-state index in [4.69, 9.17) is 4.74 Å². The van der Waals surface area contributed by atoms with Crippen LogP contribution < -0.4 is 15.5 Å². The fraction of sp³-hybridized carbons (Fsp3) is 0.300. The maximum Gasteiger partial charge on any atom is 0.321 e. The Bertz CT molecular complexity index is 1070. The summed E-state index contributed by atoms with van der Waals surface area (Å²) in [4.78, 5) is 27.2. The molecule has 3 aromatic rings. The zero-order chi connectivity index (χ0) is 22.3. The number of nitrogens with zero attached hydrogens (tertiary/aromatic N) is 4. The Morgan fingerprint density at radius 3 is 2.78 bits per heavy atom. The maximum atomic E-state index is 13.9. The van der Waals surface area contributed by atoms with E-state index in [1.807, 2.05) is 22.4 Å². The van der Waals surface area contributed by atoms with Gasteiger partial charge in [0.25, 0.3) is 0 Å². The van der Waals surface area contributed by atoms with Crippen LogP contribution in [-0.2, 0) is 16.1 Å². The van der Waals surface area contributed by atoms with Crippen LogP contribution in [0.15, 0.2) is 46.9 Å². The molecule has 4 rings (SSSR count). The standard InChI is InChI=1S/C20H21FN6O3S2/c21-14-3-1-4-15(11-14)27-19(26-6-8-30-9-7-26)24-25-20(27)32-13-17(28)23-18(29)22-12-16-5-2-10-31-16/h1-5,10-11H,6-9,12-13H2,(H2,22,23,28,29). The van der Waals surface area contributed by atoms with Crippen molar-refractivity contribution >= 4 is 41.0 Å². The van der Waals surface area contributed by atoms with Crippen LogP contribution in [0.5, 0.6) is 0 Å². The normalized spacial score (nSPS) is 13.7. The predicted octanol–water partition coefficient (Wildman–Crippen LogP) is 2.42. The number of hydrogen-bond donors (Lipinski definition) is 2. The fourth-order valence-corrected chi connectivity index (χ4v) is 4.47. The lowest BCUT2D eigenvalue weighted by Crippen LogP contribution is -2.39. The molecule has 1 aliphatic heterocycles. The van der Waals surface area contributed by atoms with Crippen molar-refractivity contribution in [2.24, 2.45) is 0 Å². The molecule has 3 heterocycles. The summed E-state index contributed by atoms with van der Waals surface area (Å²) in [6.45, 7) is 2.72. The molecule has 1 aliphatic rings. The minimum absolute atomic E-state index is 0.0526. The monoisotopic (exact) mass is 476 g/mol. The molecule has 0 aliphatic carbocycles. The summed E-state index contributed by atoms with van der Waals surface area (Å²) in [6.07, 6.45) is 0. The number of benzene rings is 1. The highest BCUT2D eigenvalue weighted by molar-refractivity contribution is 7.99. The van der Waals surface area contributed by atoms with Crippen LogP contribution in [0.2, 0.25) is 0 Å². The van der Waals surface area contributed by atoms with Gasteiger partial charge in [0.15, 0.2) is 5.16 Å². The van der Waals surface area contributed by atoms with Gasteiger partial charge in [0, 0.05) is 18.0 Å². The third-order valence-corrected chi connectivity index (χ3v) is 6.37. The number of thiophene rings is 1. The second-order valence-electron chi connectivity index (χ2n) is 6.80. The lowest BCUT2D eigenvalue weighted by molar-refractivity contribution is -0.117. The number of rotatable bonds is 7. The Morgan fingerprint density at radius 2 is 2.03 bits per heavy atom. The van der Waals surface area contributed by atoms with E-state index < -0.39 is 11.9 Å². The number of carbonyl (C=O) groups excluding carboxylic acids is 2. The number of amides is 3. The van der Waals surface area contributed by atoms with Gasteiger partial charge < -0.3 is 15.0 Å². The predicted molar refractivity (Wildman–Crippen MR) is 120 cm³/mol. The number of aromatic nitrogens is 3. The number of halogens is 1. The maximum absolute atomic E-state index is 13.9. The van der Waals surface area contributed by atoms with E-state index in [1.54, 1.807) is 16.7 Å². The van der Waals surface area contributed by atoms with Crippen molar-refractivity contribution in [2.75, 3.05) is 37.0 Å². The van der Waals surface area contributed by atoms with Crippen LogP contribution in [0.25, 0.3) is 5.69 Å². The van der Waals surface area contributed by atoms with Gasteiger partial charge >= 0.3 is 6.03 Å². The number of anilines is 1. The van der Waals surface area contributed by atoms with Gasteiger partial charge in [-0.3, -0.25) is 14.7 Å². The molecule has 0 spiro atoms. The van der Waals surface area contributed by atoms with Crippen LogP contribution in [0.4, 0.5) is 15.1 Å². The highest BCUT2D eigenvalue weighted by Crippen LogP contribution is 2.27. The molecule has 2 aromatic heterocycles. The zero-order valence-corrected chi connectivity index (χ0v) is 18.6. The lowest BCUT2D eigenvalue weighted by Gasteiger charge is -2.27. The molecule has 0 radical (unpaired) electrons. The van der Waals surface area contributed by atoms with E-state index in [2.05, 4.69) is 20.8 Å². The second-order valence-corrected chi connectivity index (χ2v) is 8.77. The molecule has 32 heavy (non-hydrogen) atoms. The van der Waals surface area contributed by atoms with Gasteiger partial charge in [-0.25, -0.2) is 9.18 Å². The summed E-state index contributed by atoms with van der Waals surface area (Å²) in [7, 11) is 0. The topological polar surface area (TPSA) is 101 Å². The minimum atomic E-state index is -0.565. The van der Waals surface area contributed by atoms with Gasteiger partial charge in [0.05, 0.1) is 31.2 Å². The number of carbonyl (C=O) groups is 2. The summed E-state index contributed by atoms with van der Waals surface area (Å²) in [5.41, 5.74) is 0.549. The van der Waals surface area contributed by atoms with Crippen LogP contribution in [-0.4, -0.2) is 58.8 Å². The Kier molecular flexibility index (Phi) is 7.35. The van der Waals surface area contributed by atoms with E-state index in [0.29, 0.717) is 49.6 Å². The highest BCUT2D eigenvalue weighted by atomic mass is 32.2. The first-order chi connectivity index (χ1) is 15.6. The van der Waals surface area contributed by atoms with E-state index in [1.165, 1.54) is 23.5 Å². The molecule has 9 nitrogen and oxygen atoms in total. The molecule has 3 amide bonds. The molecule has 0 unspecified atom stereocenters. The fourth-order valence-electron chi connectivity index (χ4n) is 3.08. The molecule has 12 heteroatoms. The highest BCUT2D eigenvalue weighted by Gasteiger charge is 2.22. The van der Waals surface area contributed by atoms with Crippen molar-refractivity contribution in [3.05, 3.63) is 52.5 Å². The van der Waals surface area contributed by atoms with Gasteiger partial charge in [-0.05, 0) is 29.6 Å². The number of imide groups is 1. The minimum Gasteiger partial charge on any atom is -0.378 e. The molecular formula is C20H21FN6O3S2. The molecule has 2 N–H and O–H groups in total. The second kappa shape index (κ2) is 10.6. The largest absolute Gasteiger partial charge is 0.378 e. The van der Waals surface area contributed by atoms with Crippen molar-refractivity contribution in [3.63, 3.8) is 0 Å². The van der Waals surface area contributed by atoms with Crippen molar-refractivity contribution in [1.29, 1.82) is 0 Å². The smallest absolute Gasteiger partial charge is 0.321 e. The van der Waals surface area contributed by atoms with Gasteiger partial charge in [0.1, 0.15) is 5.82 Å². The van der Waals surface area contributed by atoms with Crippen LogP contribution in [0, 0.1) is 5.82 Å². The number of nitrogens with one attached hydrogen (secondary N) is 2. The molecule has 0 atom stereocenters. The van der Waals surface area contributed by atoms with E-state index in [-0.39, 0.29) is 11.6 Å². The molecule has 1 aromatic carbocycles. The number of hydrogen-bond acceptors (Lipinski definition) is 8. The van der Waals surface area contributed by atoms with E-state index in [9.17, 15) is 14.0 Å². The van der Waals surface area contributed by atoms with Gasteiger partial charge in [-0.15, -0.1) is 21.5 Å². The molecule has 0 saturated carbocycles. The zero-order valence-electron chi connectivity index (χ0n) is 17.0. The first kappa shape index (κ1) is 22.2. The van der Waals surface area contributed by atoms with E-state index in [0.717, 1.165) is 16.6 Å². The summed E-state index contributed by atoms with van der Waals surface area (Å²) < 4.78 is 21.0. The number of urea groups is 1.